The van der Waals surface area contributed by atoms with Crippen molar-refractivity contribution in [3.8, 4) is 11.1 Å². The molecule has 46 heavy (non-hydrogen) atoms. The zero-order chi connectivity index (χ0) is 31.9. The SMILES string of the molecule is C=CCOC(=O)NCc1cccc(-c2ccc([C@@H]3O[C@H](CN4CCC5(CC4)OCCO5)[C@H](C)[C@H](c4ccc(CO)cc4)O3)cc2)c1. The van der Waals surface area contributed by atoms with Crippen LogP contribution >= 0.6 is 0 Å². The molecule has 0 radical (unpaired) electrons. The molecular weight excluding hydrogens is 584 g/mol. The molecule has 9 nitrogen and oxygen atoms in total. The number of amides is 1. The van der Waals surface area contributed by atoms with Crippen molar-refractivity contribution >= 4 is 6.09 Å². The molecule has 3 saturated heterocycles. The Morgan fingerprint density at radius 2 is 1.70 bits per heavy atom. The van der Waals surface area contributed by atoms with Gasteiger partial charge in [0.1, 0.15) is 6.61 Å². The van der Waals surface area contributed by atoms with E-state index in [-0.39, 0.29) is 31.3 Å². The quantitative estimate of drug-likeness (QED) is 0.269. The number of benzene rings is 3. The molecule has 1 spiro atoms. The summed E-state index contributed by atoms with van der Waals surface area (Å²) in [5, 5.41) is 12.3. The van der Waals surface area contributed by atoms with Crippen LogP contribution in [0.15, 0.2) is 85.5 Å². The van der Waals surface area contributed by atoms with Crippen molar-refractivity contribution in [3.05, 3.63) is 108 Å². The lowest BCUT2D eigenvalue weighted by atomic mass is 9.89. The molecule has 3 aliphatic rings. The summed E-state index contributed by atoms with van der Waals surface area (Å²) in [5.74, 6) is -0.302. The number of nitrogens with zero attached hydrogens (tertiary/aromatic N) is 1. The third kappa shape index (κ3) is 7.69. The molecule has 4 atom stereocenters. The van der Waals surface area contributed by atoms with E-state index in [2.05, 4.69) is 72.3 Å². The molecule has 1 amide bonds. The maximum atomic E-state index is 11.8. The van der Waals surface area contributed by atoms with E-state index in [0.29, 0.717) is 19.8 Å². The van der Waals surface area contributed by atoms with Crippen LogP contribution in [0.4, 0.5) is 4.79 Å². The Morgan fingerprint density at radius 3 is 2.39 bits per heavy atom. The maximum Gasteiger partial charge on any atom is 0.407 e. The van der Waals surface area contributed by atoms with Crippen molar-refractivity contribution in [1.82, 2.24) is 10.2 Å². The number of alkyl carbamates (subject to hydrolysis) is 1. The maximum absolute atomic E-state index is 11.8. The van der Waals surface area contributed by atoms with Gasteiger partial charge in [-0.1, -0.05) is 86.3 Å². The molecule has 0 aromatic heterocycles. The summed E-state index contributed by atoms with van der Waals surface area (Å²) >= 11 is 0. The summed E-state index contributed by atoms with van der Waals surface area (Å²) in [5.41, 5.74) is 5.96. The highest BCUT2D eigenvalue weighted by molar-refractivity contribution is 5.68. The Hall–Kier alpha value is -3.57. The predicted octanol–water partition coefficient (Wildman–Crippen LogP) is 5.89. The van der Waals surface area contributed by atoms with Crippen LogP contribution in [0, 0.1) is 5.92 Å². The lowest BCUT2D eigenvalue weighted by Gasteiger charge is -2.44. The fourth-order valence-corrected chi connectivity index (χ4v) is 6.50. The molecule has 0 aliphatic carbocycles. The number of carbonyl (C=O) groups is 1. The minimum absolute atomic E-state index is 0.00758. The summed E-state index contributed by atoms with van der Waals surface area (Å²) in [4.78, 5) is 14.3. The number of aliphatic hydroxyl groups excluding tert-OH is 1. The molecule has 0 bridgehead atoms. The number of ether oxygens (including phenoxy) is 5. The second-order valence-corrected chi connectivity index (χ2v) is 12.3. The number of piperidine rings is 1. The molecule has 0 unspecified atom stereocenters. The Kier molecular flexibility index (Phi) is 10.5. The van der Waals surface area contributed by atoms with E-state index in [4.69, 9.17) is 23.7 Å². The zero-order valence-corrected chi connectivity index (χ0v) is 26.4. The van der Waals surface area contributed by atoms with Gasteiger partial charge in [-0.15, -0.1) is 0 Å². The average Bonchev–Trinajstić information content (AvgIpc) is 3.56. The van der Waals surface area contributed by atoms with Crippen molar-refractivity contribution in [1.29, 1.82) is 0 Å². The van der Waals surface area contributed by atoms with Gasteiger partial charge in [0.05, 0.1) is 32.0 Å². The van der Waals surface area contributed by atoms with Crippen LogP contribution in [0.2, 0.25) is 0 Å². The first-order valence-electron chi connectivity index (χ1n) is 16.2. The summed E-state index contributed by atoms with van der Waals surface area (Å²) in [7, 11) is 0. The van der Waals surface area contributed by atoms with E-state index in [0.717, 1.165) is 65.9 Å². The van der Waals surface area contributed by atoms with Gasteiger partial charge in [0.25, 0.3) is 0 Å². The molecule has 9 heteroatoms. The van der Waals surface area contributed by atoms with Gasteiger partial charge in [0, 0.05) is 50.5 Å². The first kappa shape index (κ1) is 32.4. The van der Waals surface area contributed by atoms with Crippen molar-refractivity contribution < 1.29 is 33.6 Å². The standard InChI is InChI=1S/C37H44N2O7/c1-3-19-42-36(41)38-23-28-5-4-6-32(22-28)29-11-13-31(14-12-29)35-45-33(24-39-17-15-37(16-18-39)43-20-21-44-37)26(2)34(46-35)30-9-7-27(25-40)8-10-30/h3-14,22,26,33-35,40H,1,15-21,23-25H2,2H3,(H,38,41)/t26-,33+,34+,35+/m0/s1. The van der Waals surface area contributed by atoms with Crippen LogP contribution in [0.25, 0.3) is 11.1 Å². The first-order chi connectivity index (χ1) is 22.4. The zero-order valence-electron chi connectivity index (χ0n) is 26.4. The predicted molar refractivity (Wildman–Crippen MR) is 174 cm³/mol. The first-order valence-corrected chi connectivity index (χ1v) is 16.2. The molecule has 3 aromatic carbocycles. The number of aliphatic hydroxyl groups is 1. The highest BCUT2D eigenvalue weighted by Crippen LogP contribution is 2.42. The number of carbonyl (C=O) groups excluding carboxylic acids is 1. The van der Waals surface area contributed by atoms with Crippen molar-refractivity contribution in [2.24, 2.45) is 5.92 Å². The van der Waals surface area contributed by atoms with Crippen molar-refractivity contribution in [2.45, 2.75) is 57.2 Å². The molecule has 3 heterocycles. The van der Waals surface area contributed by atoms with E-state index in [1.165, 1.54) is 6.08 Å². The molecular formula is C37H44N2O7. The summed E-state index contributed by atoms with van der Waals surface area (Å²) < 4.78 is 30.3. The molecule has 3 aliphatic heterocycles. The van der Waals surface area contributed by atoms with Crippen molar-refractivity contribution in [3.63, 3.8) is 0 Å². The van der Waals surface area contributed by atoms with Gasteiger partial charge in [-0.25, -0.2) is 4.79 Å². The smallest absolute Gasteiger partial charge is 0.407 e. The van der Waals surface area contributed by atoms with Crippen LogP contribution in [-0.4, -0.2) is 67.4 Å². The van der Waals surface area contributed by atoms with Crippen LogP contribution in [0.5, 0.6) is 0 Å². The van der Waals surface area contributed by atoms with Gasteiger partial charge in [0.2, 0.25) is 0 Å². The summed E-state index contributed by atoms with van der Waals surface area (Å²) in [6, 6.07) is 24.4. The van der Waals surface area contributed by atoms with Crippen LogP contribution in [0.1, 0.15) is 54.4 Å². The third-order valence-corrected chi connectivity index (χ3v) is 9.21. The normalized spacial score (nSPS) is 24.5. The van der Waals surface area contributed by atoms with Crippen LogP contribution < -0.4 is 5.32 Å². The summed E-state index contributed by atoms with van der Waals surface area (Å²) in [6.45, 7) is 10.2. The van der Waals surface area contributed by atoms with Gasteiger partial charge in [-0.2, -0.15) is 0 Å². The molecule has 244 valence electrons. The number of likely N-dealkylation sites (tertiary alicyclic amines) is 1. The van der Waals surface area contributed by atoms with Gasteiger partial charge < -0.3 is 39.0 Å². The summed E-state index contributed by atoms with van der Waals surface area (Å²) in [6.07, 6.45) is 2.02. The Balaban J connectivity index is 1.16. The van der Waals surface area contributed by atoms with E-state index in [1.54, 1.807) is 0 Å². The topological polar surface area (TPSA) is 98.7 Å². The van der Waals surface area contributed by atoms with E-state index < -0.39 is 18.2 Å². The minimum Gasteiger partial charge on any atom is -0.445 e. The van der Waals surface area contributed by atoms with Crippen molar-refractivity contribution in [2.75, 3.05) is 39.5 Å². The number of hydrogen-bond acceptors (Lipinski definition) is 8. The van der Waals surface area contributed by atoms with Gasteiger partial charge in [-0.3, -0.25) is 0 Å². The highest BCUT2D eigenvalue weighted by Gasteiger charge is 2.43. The largest absolute Gasteiger partial charge is 0.445 e. The number of nitrogens with one attached hydrogen (secondary N) is 1. The molecule has 3 aromatic rings. The van der Waals surface area contributed by atoms with Crippen LogP contribution in [-0.2, 0) is 36.8 Å². The Labute approximate surface area is 271 Å². The fraction of sp³-hybridized carbons (Fsp3) is 0.432. The highest BCUT2D eigenvalue weighted by atomic mass is 16.7. The monoisotopic (exact) mass is 628 g/mol. The lowest BCUT2D eigenvalue weighted by Crippen LogP contribution is -2.50. The van der Waals surface area contributed by atoms with Gasteiger partial charge in [0.15, 0.2) is 12.1 Å². The second-order valence-electron chi connectivity index (χ2n) is 12.3. The van der Waals surface area contributed by atoms with E-state index in [1.807, 2.05) is 24.3 Å². The molecule has 6 rings (SSSR count). The van der Waals surface area contributed by atoms with Gasteiger partial charge in [-0.05, 0) is 33.9 Å². The molecule has 0 saturated carbocycles. The lowest BCUT2D eigenvalue weighted by molar-refractivity contribution is -0.278. The number of rotatable bonds is 10. The average molecular weight is 629 g/mol. The second kappa shape index (κ2) is 14.9. The Bertz CT molecular complexity index is 1450. The van der Waals surface area contributed by atoms with Crippen LogP contribution in [0.3, 0.4) is 0 Å². The minimum atomic E-state index is -0.535. The Morgan fingerprint density at radius 1 is 0.978 bits per heavy atom. The third-order valence-electron chi connectivity index (χ3n) is 9.21. The van der Waals surface area contributed by atoms with Gasteiger partial charge >= 0.3 is 6.09 Å². The number of hydrogen-bond donors (Lipinski definition) is 2. The van der Waals surface area contributed by atoms with E-state index in [9.17, 15) is 9.90 Å². The molecule has 2 N–H and O–H groups in total. The fourth-order valence-electron chi connectivity index (χ4n) is 6.50. The molecule has 3 fully saturated rings. The van der Waals surface area contributed by atoms with E-state index >= 15 is 0 Å².